The molecule has 26 heavy (non-hydrogen) atoms. The van der Waals surface area contributed by atoms with Crippen molar-refractivity contribution in [3.8, 4) is 0 Å². The summed E-state index contributed by atoms with van der Waals surface area (Å²) in [5.41, 5.74) is -0.173. The van der Waals surface area contributed by atoms with E-state index in [1.54, 1.807) is 19.2 Å². The van der Waals surface area contributed by atoms with Crippen LogP contribution in [0.25, 0.3) is 0 Å². The average Bonchev–Trinajstić information content (AvgIpc) is 3.16. The van der Waals surface area contributed by atoms with E-state index in [0.717, 1.165) is 23.1 Å². The highest BCUT2D eigenvalue weighted by atomic mass is 32.1. The second-order valence-electron chi connectivity index (χ2n) is 5.99. The number of benzene rings is 1. The minimum atomic E-state index is -4.41. The lowest BCUT2D eigenvalue weighted by Gasteiger charge is -2.11. The van der Waals surface area contributed by atoms with Gasteiger partial charge < -0.3 is 10.6 Å². The van der Waals surface area contributed by atoms with Crippen LogP contribution in [0.5, 0.6) is 0 Å². The topological polar surface area (TPSA) is 49.3 Å². The quantitative estimate of drug-likeness (QED) is 0.469. The Kier molecular flexibility index (Phi) is 5.45. The highest BCUT2D eigenvalue weighted by Gasteiger charge is 2.40. The molecule has 0 spiro atoms. The van der Waals surface area contributed by atoms with E-state index in [1.807, 2.05) is 6.07 Å². The Morgan fingerprint density at radius 2 is 2.12 bits per heavy atom. The number of halogens is 4. The molecule has 0 radical (unpaired) electrons. The monoisotopic (exact) mass is 386 g/mol. The van der Waals surface area contributed by atoms with Crippen LogP contribution in [0.15, 0.2) is 34.6 Å². The number of rotatable bonds is 5. The predicted molar refractivity (Wildman–Crippen MR) is 92.9 cm³/mol. The van der Waals surface area contributed by atoms with Gasteiger partial charge in [-0.2, -0.15) is 13.2 Å². The van der Waals surface area contributed by atoms with Gasteiger partial charge in [0, 0.05) is 37.4 Å². The second kappa shape index (κ2) is 7.61. The predicted octanol–water partition coefficient (Wildman–Crippen LogP) is 3.56. The number of thiazole rings is 1. The van der Waals surface area contributed by atoms with E-state index in [2.05, 4.69) is 20.6 Å². The third kappa shape index (κ3) is 4.51. The number of hydrogen-bond donors (Lipinski definition) is 2. The minimum absolute atomic E-state index is 0.0924. The van der Waals surface area contributed by atoms with Crippen LogP contribution in [0.4, 0.5) is 17.6 Å². The van der Waals surface area contributed by atoms with Crippen LogP contribution >= 0.6 is 11.3 Å². The fourth-order valence-corrected chi connectivity index (χ4v) is 3.49. The van der Waals surface area contributed by atoms with Crippen molar-refractivity contribution in [3.63, 3.8) is 0 Å². The van der Waals surface area contributed by atoms with E-state index in [4.69, 9.17) is 0 Å². The number of nitrogens with zero attached hydrogens (tertiary/aromatic N) is 2. The highest BCUT2D eigenvalue weighted by Crippen LogP contribution is 2.41. The molecule has 1 aliphatic rings. The van der Waals surface area contributed by atoms with Crippen molar-refractivity contribution in [2.24, 2.45) is 4.99 Å². The summed E-state index contributed by atoms with van der Waals surface area (Å²) in [7, 11) is 1.61. The lowest BCUT2D eigenvalue weighted by Crippen LogP contribution is -2.40. The lowest BCUT2D eigenvalue weighted by atomic mass is 10.1. The van der Waals surface area contributed by atoms with Gasteiger partial charge in [-0.25, -0.2) is 9.37 Å². The van der Waals surface area contributed by atoms with Crippen molar-refractivity contribution >= 4 is 17.3 Å². The standard InChI is InChI=1S/C17H18F4N4S/c1-22-16(23-7-6-15-25-14(9-26-15)17(19,20)21)24-13-8-11(13)10-4-2-3-5-12(10)18/h2-5,9,11,13H,6-8H2,1H3,(H2,22,23,24). The molecule has 2 N–H and O–H groups in total. The average molecular weight is 386 g/mol. The van der Waals surface area contributed by atoms with Crippen molar-refractivity contribution in [1.82, 2.24) is 15.6 Å². The Morgan fingerprint density at radius 1 is 1.35 bits per heavy atom. The summed E-state index contributed by atoms with van der Waals surface area (Å²) >= 11 is 0.988. The van der Waals surface area contributed by atoms with Crippen LogP contribution < -0.4 is 10.6 Å². The molecule has 1 fully saturated rings. The molecule has 1 aromatic carbocycles. The van der Waals surface area contributed by atoms with Crippen molar-refractivity contribution in [3.05, 3.63) is 51.7 Å². The fourth-order valence-electron chi connectivity index (χ4n) is 2.69. The van der Waals surface area contributed by atoms with Crippen LogP contribution in [0, 0.1) is 5.82 Å². The minimum Gasteiger partial charge on any atom is -0.356 e. The van der Waals surface area contributed by atoms with E-state index < -0.39 is 11.9 Å². The summed E-state index contributed by atoms with van der Waals surface area (Å²) < 4.78 is 51.4. The Morgan fingerprint density at radius 3 is 2.77 bits per heavy atom. The number of alkyl halides is 3. The molecule has 9 heteroatoms. The van der Waals surface area contributed by atoms with Crippen LogP contribution in [-0.4, -0.2) is 30.6 Å². The van der Waals surface area contributed by atoms with Crippen LogP contribution in [-0.2, 0) is 12.6 Å². The molecule has 1 saturated carbocycles. The Balaban J connectivity index is 1.46. The molecule has 140 valence electrons. The maximum Gasteiger partial charge on any atom is 0.434 e. The Labute approximate surface area is 152 Å². The molecule has 1 aliphatic carbocycles. The SMILES string of the molecule is CN=C(NCCc1nc(C(F)(F)F)cs1)NC1CC1c1ccccc1F. The molecule has 0 aliphatic heterocycles. The van der Waals surface area contributed by atoms with Crippen molar-refractivity contribution in [2.75, 3.05) is 13.6 Å². The molecule has 2 unspecified atom stereocenters. The van der Waals surface area contributed by atoms with Gasteiger partial charge in [0.25, 0.3) is 0 Å². The first-order valence-electron chi connectivity index (χ1n) is 8.11. The normalized spacial score (nSPS) is 20.1. The van der Waals surface area contributed by atoms with E-state index in [-0.39, 0.29) is 17.8 Å². The molecular weight excluding hydrogens is 368 g/mol. The fraction of sp³-hybridized carbons (Fsp3) is 0.412. The van der Waals surface area contributed by atoms with E-state index >= 15 is 0 Å². The van der Waals surface area contributed by atoms with Gasteiger partial charge in [-0.15, -0.1) is 11.3 Å². The Hall–Kier alpha value is -2.16. The molecular formula is C17H18F4N4S. The van der Waals surface area contributed by atoms with Gasteiger partial charge in [-0.1, -0.05) is 18.2 Å². The van der Waals surface area contributed by atoms with Gasteiger partial charge in [0.1, 0.15) is 5.82 Å². The molecule has 0 amide bonds. The van der Waals surface area contributed by atoms with Crippen molar-refractivity contribution in [1.29, 1.82) is 0 Å². The molecule has 2 aromatic rings. The molecule has 0 saturated heterocycles. The zero-order valence-corrected chi connectivity index (χ0v) is 14.8. The van der Waals surface area contributed by atoms with Crippen LogP contribution in [0.2, 0.25) is 0 Å². The van der Waals surface area contributed by atoms with Crippen molar-refractivity contribution < 1.29 is 17.6 Å². The van der Waals surface area contributed by atoms with Gasteiger partial charge in [-0.05, 0) is 18.1 Å². The van der Waals surface area contributed by atoms with E-state index in [0.29, 0.717) is 29.5 Å². The molecule has 2 atom stereocenters. The molecule has 1 heterocycles. The smallest absolute Gasteiger partial charge is 0.356 e. The summed E-state index contributed by atoms with van der Waals surface area (Å²) in [5, 5.41) is 7.69. The zero-order chi connectivity index (χ0) is 18.7. The zero-order valence-electron chi connectivity index (χ0n) is 14.0. The van der Waals surface area contributed by atoms with Gasteiger partial charge in [0.15, 0.2) is 11.7 Å². The first-order valence-corrected chi connectivity index (χ1v) is 8.99. The summed E-state index contributed by atoms with van der Waals surface area (Å²) in [6.45, 7) is 0.404. The van der Waals surface area contributed by atoms with E-state index in [9.17, 15) is 17.6 Å². The molecule has 3 rings (SSSR count). The number of aliphatic imine (C=N–C) groups is 1. The van der Waals surface area contributed by atoms with Crippen molar-refractivity contribution in [2.45, 2.75) is 31.0 Å². The maximum absolute atomic E-state index is 13.8. The van der Waals surface area contributed by atoms with E-state index in [1.165, 1.54) is 6.07 Å². The number of guanidine groups is 1. The summed E-state index contributed by atoms with van der Waals surface area (Å²) in [4.78, 5) is 7.69. The molecule has 0 bridgehead atoms. The van der Waals surface area contributed by atoms with Crippen LogP contribution in [0.1, 0.15) is 28.6 Å². The van der Waals surface area contributed by atoms with Crippen LogP contribution in [0.3, 0.4) is 0 Å². The van der Waals surface area contributed by atoms with Gasteiger partial charge in [0.2, 0.25) is 0 Å². The number of hydrogen-bond acceptors (Lipinski definition) is 3. The van der Waals surface area contributed by atoms with Gasteiger partial charge in [0.05, 0.1) is 5.01 Å². The van der Waals surface area contributed by atoms with Gasteiger partial charge >= 0.3 is 6.18 Å². The van der Waals surface area contributed by atoms with Gasteiger partial charge in [-0.3, -0.25) is 4.99 Å². The summed E-state index contributed by atoms with van der Waals surface area (Å²) in [6.07, 6.45) is -3.24. The second-order valence-corrected chi connectivity index (χ2v) is 6.93. The largest absolute Gasteiger partial charge is 0.434 e. The first-order chi connectivity index (χ1) is 12.4. The number of aromatic nitrogens is 1. The Bertz CT molecular complexity index is 787. The molecule has 4 nitrogen and oxygen atoms in total. The lowest BCUT2D eigenvalue weighted by molar-refractivity contribution is -0.140. The summed E-state index contributed by atoms with van der Waals surface area (Å²) in [5.74, 6) is 0.429. The first kappa shape index (κ1) is 18.6. The molecule has 1 aromatic heterocycles. The highest BCUT2D eigenvalue weighted by molar-refractivity contribution is 7.09. The third-order valence-corrected chi connectivity index (χ3v) is 5.02. The number of nitrogens with one attached hydrogen (secondary N) is 2. The third-order valence-electron chi connectivity index (χ3n) is 4.11. The maximum atomic E-state index is 13.8. The summed E-state index contributed by atoms with van der Waals surface area (Å²) in [6, 6.07) is 6.78.